The van der Waals surface area contributed by atoms with Crippen molar-refractivity contribution in [2.24, 2.45) is 5.92 Å². The Kier molecular flexibility index (Phi) is 8.01. The van der Waals surface area contributed by atoms with Gasteiger partial charge in [0.15, 0.2) is 0 Å². The van der Waals surface area contributed by atoms with Crippen LogP contribution in [0.3, 0.4) is 0 Å². The summed E-state index contributed by atoms with van der Waals surface area (Å²) in [7, 11) is -4.16. The molecule has 1 aliphatic heterocycles. The first kappa shape index (κ1) is 24.6. The van der Waals surface area contributed by atoms with Gasteiger partial charge in [-0.2, -0.15) is 0 Å². The second kappa shape index (κ2) is 10.7. The van der Waals surface area contributed by atoms with Crippen LogP contribution in [-0.4, -0.2) is 64.2 Å². The van der Waals surface area contributed by atoms with Gasteiger partial charge in [-0.15, -0.1) is 0 Å². The number of nitrogens with one attached hydrogen (secondary N) is 1. The lowest BCUT2D eigenvalue weighted by Crippen LogP contribution is -2.60. The smallest absolute Gasteiger partial charge is 0.356 e. The lowest BCUT2D eigenvalue weighted by molar-refractivity contribution is -0.149. The number of rotatable bonds is 9. The Hall–Kier alpha value is -3.01. The number of aliphatic carboxylic acids is 1. The molecule has 1 saturated heterocycles. The van der Waals surface area contributed by atoms with Crippen molar-refractivity contribution in [1.82, 2.24) is 10.2 Å². The van der Waals surface area contributed by atoms with Gasteiger partial charge in [-0.1, -0.05) is 55.5 Å². The van der Waals surface area contributed by atoms with E-state index in [4.69, 9.17) is 0 Å². The number of carboxylic acids is 1. The number of hydrogen-bond donors (Lipinski definition) is 4. The molecule has 0 radical (unpaired) electrons. The van der Waals surface area contributed by atoms with E-state index in [1.54, 1.807) is 37.3 Å². The van der Waals surface area contributed by atoms with Crippen LogP contribution in [0.25, 0.3) is 0 Å². The number of benzene rings is 2. The minimum Gasteiger partial charge on any atom is -0.480 e. The number of carbonyl (C=O) groups is 3. The minimum absolute atomic E-state index is 0.195. The van der Waals surface area contributed by atoms with Crippen molar-refractivity contribution in [2.45, 2.75) is 43.9 Å². The highest BCUT2D eigenvalue weighted by molar-refractivity contribution is 6.67. The third-order valence-corrected chi connectivity index (χ3v) is 8.71. The number of carbonyl (C=O) groups excluding carboxylic acids is 2. The number of amides is 2. The zero-order chi connectivity index (χ0) is 24.0. The van der Waals surface area contributed by atoms with E-state index in [0.717, 1.165) is 5.56 Å². The minimum atomic E-state index is -4.16. The first-order valence-corrected chi connectivity index (χ1v) is 13.2. The van der Waals surface area contributed by atoms with Gasteiger partial charge in [-0.25, -0.2) is 4.79 Å². The second-order valence-electron chi connectivity index (χ2n) is 8.59. The van der Waals surface area contributed by atoms with Crippen LogP contribution in [0.5, 0.6) is 0 Å². The zero-order valence-corrected chi connectivity index (χ0v) is 19.6. The van der Waals surface area contributed by atoms with Gasteiger partial charge in [0.05, 0.1) is 5.67 Å². The predicted molar refractivity (Wildman–Crippen MR) is 124 cm³/mol. The molecule has 0 spiro atoms. The Bertz CT molecular complexity index is 969. The summed E-state index contributed by atoms with van der Waals surface area (Å²) in [5.74, 6) is -2.69. The lowest BCUT2D eigenvalue weighted by Gasteiger charge is -2.32. The Morgan fingerprint density at radius 1 is 1.06 bits per heavy atom. The first-order valence-electron chi connectivity index (χ1n) is 11.1. The maximum Gasteiger partial charge on any atom is 0.356 e. The third-order valence-electron chi connectivity index (χ3n) is 6.03. The molecule has 2 amide bonds. The van der Waals surface area contributed by atoms with E-state index in [1.807, 2.05) is 30.3 Å². The molecule has 1 heterocycles. The van der Waals surface area contributed by atoms with Crippen LogP contribution in [0.15, 0.2) is 60.7 Å². The number of nitrogens with zero attached hydrogens (tertiary/aromatic N) is 1. The first-order chi connectivity index (χ1) is 15.7. The van der Waals surface area contributed by atoms with Crippen molar-refractivity contribution >= 4 is 26.3 Å². The molecule has 1 aliphatic rings. The van der Waals surface area contributed by atoms with Crippen LogP contribution in [0.2, 0.25) is 6.04 Å². The molecular weight excluding hydrogens is 440 g/mol. The molecule has 9 heteroatoms. The van der Waals surface area contributed by atoms with Gasteiger partial charge < -0.3 is 24.9 Å². The molecule has 2 aromatic carbocycles. The molecule has 176 valence electrons. The highest BCUT2D eigenvalue weighted by atomic mass is 28.4. The van der Waals surface area contributed by atoms with E-state index >= 15 is 0 Å². The highest BCUT2D eigenvalue weighted by Crippen LogP contribution is 2.25. The topological polar surface area (TPSA) is 127 Å². The monoisotopic (exact) mass is 470 g/mol. The summed E-state index contributed by atoms with van der Waals surface area (Å²) in [5.41, 5.74) is 0.253. The van der Waals surface area contributed by atoms with E-state index in [2.05, 4.69) is 5.32 Å². The SMILES string of the molecule is C[C@H](C[Si](O)(O)[C@H](Cc1ccccc1)NC(=O)c1ccccc1)C(=O)N1CCC[C@H]1C(=O)O. The average molecular weight is 471 g/mol. The van der Waals surface area contributed by atoms with E-state index < -0.39 is 44.0 Å². The normalized spacial score (nSPS) is 17.9. The standard InChI is InChI=1S/C24H30N2O6Si/c1-17(23(28)26-14-8-13-20(26)24(29)30)16-33(31,32)21(15-18-9-4-2-5-10-18)25-22(27)19-11-6-3-7-12-19/h2-7,9-12,17,20-21,31-32H,8,13-16H2,1H3,(H,25,27)(H,29,30)/t17-,20+,21-/m1/s1. The summed E-state index contributed by atoms with van der Waals surface area (Å²) < 4.78 is 0. The summed E-state index contributed by atoms with van der Waals surface area (Å²) in [6.45, 7) is 1.91. The fourth-order valence-corrected chi connectivity index (χ4v) is 6.55. The van der Waals surface area contributed by atoms with Crippen molar-refractivity contribution in [2.75, 3.05) is 6.54 Å². The maximum absolute atomic E-state index is 12.9. The molecule has 2 aromatic rings. The fourth-order valence-electron chi connectivity index (χ4n) is 4.26. The van der Waals surface area contributed by atoms with Crippen molar-refractivity contribution in [3.63, 3.8) is 0 Å². The van der Waals surface area contributed by atoms with Gasteiger partial charge in [-0.3, -0.25) is 9.59 Å². The van der Waals surface area contributed by atoms with E-state index in [-0.39, 0.29) is 12.5 Å². The molecule has 0 saturated carbocycles. The molecule has 3 rings (SSSR count). The van der Waals surface area contributed by atoms with Crippen molar-refractivity contribution in [3.8, 4) is 0 Å². The molecule has 0 unspecified atom stereocenters. The van der Waals surface area contributed by atoms with Crippen molar-refractivity contribution < 1.29 is 29.1 Å². The molecule has 4 N–H and O–H groups in total. The van der Waals surface area contributed by atoms with Crippen LogP contribution in [0.4, 0.5) is 0 Å². The molecule has 0 aromatic heterocycles. The number of carboxylic acid groups (broad SMARTS) is 1. The zero-order valence-electron chi connectivity index (χ0n) is 18.6. The molecule has 33 heavy (non-hydrogen) atoms. The second-order valence-corrected chi connectivity index (χ2v) is 11.5. The van der Waals surface area contributed by atoms with Crippen LogP contribution in [-0.2, 0) is 16.0 Å². The Labute approximate surface area is 194 Å². The number of hydrogen-bond acceptors (Lipinski definition) is 5. The van der Waals surface area contributed by atoms with E-state index in [9.17, 15) is 29.1 Å². The molecular formula is C24H30N2O6Si. The summed E-state index contributed by atoms with van der Waals surface area (Å²) in [6.07, 6.45) is 1.18. The molecule has 0 bridgehead atoms. The van der Waals surface area contributed by atoms with Gasteiger partial charge in [0.1, 0.15) is 6.04 Å². The summed E-state index contributed by atoms with van der Waals surface area (Å²) in [6, 6.07) is 16.6. The maximum atomic E-state index is 12.9. The largest absolute Gasteiger partial charge is 0.480 e. The van der Waals surface area contributed by atoms with Gasteiger partial charge >= 0.3 is 14.5 Å². The van der Waals surface area contributed by atoms with Gasteiger partial charge in [0.25, 0.3) is 5.91 Å². The van der Waals surface area contributed by atoms with Crippen molar-refractivity contribution in [3.05, 3.63) is 71.8 Å². The van der Waals surface area contributed by atoms with E-state index in [0.29, 0.717) is 24.9 Å². The molecule has 1 fully saturated rings. The van der Waals surface area contributed by atoms with Gasteiger partial charge in [0, 0.05) is 24.1 Å². The third kappa shape index (κ3) is 6.28. The lowest BCUT2D eigenvalue weighted by atomic mass is 10.1. The Morgan fingerprint density at radius 3 is 2.27 bits per heavy atom. The summed E-state index contributed by atoms with van der Waals surface area (Å²) in [4.78, 5) is 60.8. The fraction of sp³-hybridized carbons (Fsp3) is 0.375. The Balaban J connectivity index is 1.77. The Morgan fingerprint density at radius 2 is 1.67 bits per heavy atom. The molecule has 8 nitrogen and oxygen atoms in total. The summed E-state index contributed by atoms with van der Waals surface area (Å²) in [5, 5.41) is 12.1. The van der Waals surface area contributed by atoms with Crippen LogP contribution in [0, 0.1) is 5.92 Å². The van der Waals surface area contributed by atoms with E-state index in [1.165, 1.54) is 4.90 Å². The number of likely N-dealkylation sites (tertiary alicyclic amines) is 1. The van der Waals surface area contributed by atoms with Crippen LogP contribution >= 0.6 is 0 Å². The quantitative estimate of drug-likeness (QED) is 0.413. The van der Waals surface area contributed by atoms with Crippen LogP contribution in [0.1, 0.15) is 35.7 Å². The van der Waals surface area contributed by atoms with Gasteiger partial charge in [0.2, 0.25) is 5.91 Å². The summed E-state index contributed by atoms with van der Waals surface area (Å²) >= 11 is 0. The van der Waals surface area contributed by atoms with Crippen molar-refractivity contribution in [1.29, 1.82) is 0 Å². The van der Waals surface area contributed by atoms with Gasteiger partial charge in [-0.05, 0) is 37.0 Å². The average Bonchev–Trinajstić information content (AvgIpc) is 3.29. The highest BCUT2D eigenvalue weighted by Gasteiger charge is 2.45. The molecule has 0 aliphatic carbocycles. The molecule has 3 atom stereocenters. The predicted octanol–water partition coefficient (Wildman–Crippen LogP) is 1.71. The van der Waals surface area contributed by atoms with Crippen LogP contribution < -0.4 is 5.32 Å².